The number of hydrogen-bond donors (Lipinski definition) is 2. The number of hydrogen-bond acceptors (Lipinski definition) is 2. The van der Waals surface area contributed by atoms with Crippen LogP contribution in [0.5, 0.6) is 0 Å². The van der Waals surface area contributed by atoms with Crippen molar-refractivity contribution in [3.05, 3.63) is 67.4 Å². The van der Waals surface area contributed by atoms with Gasteiger partial charge in [-0.1, -0.05) is 24.8 Å². The van der Waals surface area contributed by atoms with Crippen LogP contribution in [-0.2, 0) is 0 Å². The minimum absolute atomic E-state index is 0.181. The van der Waals surface area contributed by atoms with Crippen LogP contribution in [0.2, 0.25) is 0 Å². The summed E-state index contributed by atoms with van der Waals surface area (Å²) in [5.74, 6) is -0.181. The molecule has 2 heterocycles. The first kappa shape index (κ1) is 12.2. The van der Waals surface area contributed by atoms with E-state index in [1.807, 2.05) is 30.3 Å². The minimum Gasteiger partial charge on any atom is -0.351 e. The first-order chi connectivity index (χ1) is 9.78. The van der Waals surface area contributed by atoms with Crippen molar-refractivity contribution >= 4 is 16.8 Å². The molecule has 20 heavy (non-hydrogen) atoms. The number of benzene rings is 1. The van der Waals surface area contributed by atoms with E-state index in [9.17, 15) is 4.79 Å². The average Bonchev–Trinajstić information content (AvgIpc) is 3.13. The molecule has 1 atom stereocenters. The molecule has 0 aliphatic heterocycles. The summed E-state index contributed by atoms with van der Waals surface area (Å²) < 4.78 is 1.77. The topological polar surface area (TPSA) is 62.7 Å². The van der Waals surface area contributed by atoms with E-state index in [1.165, 1.54) is 0 Å². The third-order valence-electron chi connectivity index (χ3n) is 3.12. The summed E-state index contributed by atoms with van der Waals surface area (Å²) in [7, 11) is 0. The van der Waals surface area contributed by atoms with Crippen LogP contribution < -0.4 is 5.32 Å². The Bertz CT molecular complexity index is 709. The average molecular weight is 266 g/mol. The Labute approximate surface area is 115 Å². The van der Waals surface area contributed by atoms with E-state index in [4.69, 9.17) is 0 Å². The number of H-pyrrole nitrogens is 1. The lowest BCUT2D eigenvalue weighted by Gasteiger charge is -2.15. The quantitative estimate of drug-likeness (QED) is 0.713. The van der Waals surface area contributed by atoms with Gasteiger partial charge in [0.1, 0.15) is 11.9 Å². The van der Waals surface area contributed by atoms with Gasteiger partial charge in [0.15, 0.2) is 0 Å². The number of nitrogens with one attached hydrogen (secondary N) is 2. The van der Waals surface area contributed by atoms with Gasteiger partial charge < -0.3 is 14.9 Å². The van der Waals surface area contributed by atoms with Crippen molar-refractivity contribution in [2.45, 2.75) is 6.17 Å². The van der Waals surface area contributed by atoms with Gasteiger partial charge in [0.25, 0.3) is 5.91 Å². The van der Waals surface area contributed by atoms with Crippen LogP contribution in [0.25, 0.3) is 10.9 Å². The van der Waals surface area contributed by atoms with E-state index in [2.05, 4.69) is 21.9 Å². The SMILES string of the molecule is C=CC(NC(=O)c1cc2ccccc2[nH]1)n1ccnc1. The fourth-order valence-corrected chi connectivity index (χ4v) is 2.10. The van der Waals surface area contributed by atoms with E-state index < -0.39 is 0 Å². The van der Waals surface area contributed by atoms with Crippen molar-refractivity contribution in [1.82, 2.24) is 19.9 Å². The maximum absolute atomic E-state index is 12.3. The monoisotopic (exact) mass is 266 g/mol. The van der Waals surface area contributed by atoms with Gasteiger partial charge in [-0.25, -0.2) is 4.98 Å². The Morgan fingerprint density at radius 1 is 1.45 bits per heavy atom. The Morgan fingerprint density at radius 3 is 3.00 bits per heavy atom. The molecule has 3 aromatic rings. The molecule has 1 unspecified atom stereocenters. The molecule has 0 saturated heterocycles. The maximum atomic E-state index is 12.3. The van der Waals surface area contributed by atoms with Gasteiger partial charge >= 0.3 is 0 Å². The fraction of sp³-hybridized carbons (Fsp3) is 0.0667. The number of aromatic amines is 1. The highest BCUT2D eigenvalue weighted by atomic mass is 16.2. The summed E-state index contributed by atoms with van der Waals surface area (Å²) in [5, 5.41) is 3.89. The van der Waals surface area contributed by atoms with Crippen LogP contribution in [0.3, 0.4) is 0 Å². The van der Waals surface area contributed by atoms with E-state index >= 15 is 0 Å². The molecule has 5 heteroatoms. The lowest BCUT2D eigenvalue weighted by Crippen LogP contribution is -2.30. The Hall–Kier alpha value is -2.82. The number of para-hydroxylation sites is 1. The zero-order chi connectivity index (χ0) is 13.9. The van der Waals surface area contributed by atoms with Gasteiger partial charge in [-0.05, 0) is 18.2 Å². The molecule has 2 aromatic heterocycles. The molecule has 0 aliphatic rings. The number of imidazole rings is 1. The zero-order valence-electron chi connectivity index (χ0n) is 10.8. The van der Waals surface area contributed by atoms with Crippen molar-refractivity contribution in [1.29, 1.82) is 0 Å². The van der Waals surface area contributed by atoms with Crippen molar-refractivity contribution in [2.75, 3.05) is 0 Å². The second-order valence-corrected chi connectivity index (χ2v) is 4.43. The van der Waals surface area contributed by atoms with Crippen LogP contribution >= 0.6 is 0 Å². The van der Waals surface area contributed by atoms with Crippen molar-refractivity contribution in [2.24, 2.45) is 0 Å². The smallest absolute Gasteiger partial charge is 0.269 e. The first-order valence-corrected chi connectivity index (χ1v) is 6.26. The number of amides is 1. The lowest BCUT2D eigenvalue weighted by molar-refractivity contribution is 0.0928. The number of rotatable bonds is 4. The number of aromatic nitrogens is 3. The largest absolute Gasteiger partial charge is 0.351 e. The second kappa shape index (κ2) is 5.05. The number of fused-ring (bicyclic) bond motifs is 1. The van der Waals surface area contributed by atoms with Crippen molar-refractivity contribution < 1.29 is 4.79 Å². The van der Waals surface area contributed by atoms with Crippen LogP contribution in [0.4, 0.5) is 0 Å². The molecule has 0 fully saturated rings. The molecule has 2 N–H and O–H groups in total. The van der Waals surface area contributed by atoms with Gasteiger partial charge in [-0.2, -0.15) is 0 Å². The maximum Gasteiger partial charge on any atom is 0.269 e. The molecule has 3 rings (SSSR count). The van der Waals surface area contributed by atoms with E-state index in [0.717, 1.165) is 10.9 Å². The van der Waals surface area contributed by atoms with Crippen LogP contribution in [0.1, 0.15) is 16.7 Å². The number of nitrogens with zero attached hydrogens (tertiary/aromatic N) is 2. The summed E-state index contributed by atoms with van der Waals surface area (Å²) in [5.41, 5.74) is 1.47. The summed E-state index contributed by atoms with van der Waals surface area (Å²) in [6.45, 7) is 3.73. The molecule has 1 aromatic carbocycles. The number of carbonyl (C=O) groups excluding carboxylic acids is 1. The van der Waals surface area contributed by atoms with Gasteiger partial charge in [0.2, 0.25) is 0 Å². The van der Waals surface area contributed by atoms with Gasteiger partial charge in [-0.15, -0.1) is 0 Å². The molecule has 1 amide bonds. The van der Waals surface area contributed by atoms with E-state index in [-0.39, 0.29) is 12.1 Å². The molecule has 0 bridgehead atoms. The summed E-state index contributed by atoms with van der Waals surface area (Å²) in [6.07, 6.45) is 6.40. The fourth-order valence-electron chi connectivity index (χ4n) is 2.10. The molecule has 0 aliphatic carbocycles. The second-order valence-electron chi connectivity index (χ2n) is 4.43. The van der Waals surface area contributed by atoms with Crippen molar-refractivity contribution in [3.63, 3.8) is 0 Å². The summed E-state index contributed by atoms with van der Waals surface area (Å²) >= 11 is 0. The lowest BCUT2D eigenvalue weighted by atomic mass is 10.2. The Kier molecular flexibility index (Phi) is 3.09. The molecule has 0 radical (unpaired) electrons. The highest BCUT2D eigenvalue weighted by Gasteiger charge is 2.13. The van der Waals surface area contributed by atoms with Crippen LogP contribution in [0, 0.1) is 0 Å². The Balaban J connectivity index is 1.83. The molecule has 0 saturated carbocycles. The third-order valence-corrected chi connectivity index (χ3v) is 3.12. The number of carbonyl (C=O) groups is 1. The standard InChI is InChI=1S/C15H14N4O/c1-2-14(19-8-7-16-10-19)18-15(20)13-9-11-5-3-4-6-12(11)17-13/h2-10,14,17H,1H2,(H,18,20). The minimum atomic E-state index is -0.323. The normalized spacial score (nSPS) is 12.2. The molecule has 0 spiro atoms. The molecule has 5 nitrogen and oxygen atoms in total. The highest BCUT2D eigenvalue weighted by Crippen LogP contribution is 2.15. The van der Waals surface area contributed by atoms with Crippen molar-refractivity contribution in [3.8, 4) is 0 Å². The summed E-state index contributed by atoms with van der Waals surface area (Å²) in [4.78, 5) is 19.3. The summed E-state index contributed by atoms with van der Waals surface area (Å²) in [6, 6.07) is 9.60. The van der Waals surface area contributed by atoms with Crippen LogP contribution in [-0.4, -0.2) is 20.4 Å². The zero-order valence-corrected chi connectivity index (χ0v) is 10.8. The predicted molar refractivity (Wildman–Crippen MR) is 77.2 cm³/mol. The van der Waals surface area contributed by atoms with Gasteiger partial charge in [-0.3, -0.25) is 4.79 Å². The molecular weight excluding hydrogens is 252 g/mol. The third kappa shape index (κ3) is 2.21. The van der Waals surface area contributed by atoms with E-state index in [1.54, 1.807) is 29.4 Å². The van der Waals surface area contributed by atoms with Gasteiger partial charge in [0, 0.05) is 23.3 Å². The van der Waals surface area contributed by atoms with Gasteiger partial charge in [0.05, 0.1) is 6.33 Å². The first-order valence-electron chi connectivity index (χ1n) is 6.26. The van der Waals surface area contributed by atoms with Crippen LogP contribution in [0.15, 0.2) is 61.7 Å². The highest BCUT2D eigenvalue weighted by molar-refractivity contribution is 5.98. The Morgan fingerprint density at radius 2 is 2.30 bits per heavy atom. The molecule has 100 valence electrons. The predicted octanol–water partition coefficient (Wildman–Crippen LogP) is 2.48. The van der Waals surface area contributed by atoms with E-state index in [0.29, 0.717) is 5.69 Å². The molecular formula is C15H14N4O.